The molecule has 1 aromatic carbocycles. The molecule has 0 bridgehead atoms. The Bertz CT molecular complexity index is 1250. The van der Waals surface area contributed by atoms with Crippen LogP contribution in [0.15, 0.2) is 72.1 Å². The molecule has 2 aromatic heterocycles. The van der Waals surface area contributed by atoms with Crippen LogP contribution in [0.2, 0.25) is 0 Å². The molecule has 0 fully saturated rings. The molecule has 10 nitrogen and oxygen atoms in total. The highest BCUT2D eigenvalue weighted by molar-refractivity contribution is 8.00. The predicted molar refractivity (Wildman–Crippen MR) is 140 cm³/mol. The number of thioether (sulfide) groups is 1. The van der Waals surface area contributed by atoms with Crippen molar-refractivity contribution in [3.05, 3.63) is 78.2 Å². The van der Waals surface area contributed by atoms with Gasteiger partial charge in [0.15, 0.2) is 0 Å². The van der Waals surface area contributed by atoms with Gasteiger partial charge in [-0.05, 0) is 67.2 Å². The van der Waals surface area contributed by atoms with Gasteiger partial charge in [-0.2, -0.15) is 0 Å². The normalized spacial score (nSPS) is 12.8. The van der Waals surface area contributed by atoms with E-state index in [0.29, 0.717) is 12.2 Å². The van der Waals surface area contributed by atoms with Crippen LogP contribution in [0.4, 0.5) is 18.9 Å². The van der Waals surface area contributed by atoms with Crippen LogP contribution in [0.25, 0.3) is 0 Å². The van der Waals surface area contributed by atoms with Crippen LogP contribution in [0, 0.1) is 0 Å². The van der Waals surface area contributed by atoms with Gasteiger partial charge in [-0.1, -0.05) is 0 Å². The van der Waals surface area contributed by atoms with Crippen molar-refractivity contribution in [2.24, 2.45) is 0 Å². The van der Waals surface area contributed by atoms with Crippen LogP contribution in [-0.2, 0) is 24.1 Å². The average molecular weight is 581 g/mol. The summed E-state index contributed by atoms with van der Waals surface area (Å²) in [6.45, 7) is 2.12. The largest absolute Gasteiger partial charge is 0.573 e. The minimum Gasteiger partial charge on any atom is -0.406 e. The molecule has 3 aromatic rings. The summed E-state index contributed by atoms with van der Waals surface area (Å²) in [5.41, 5.74) is 0.850. The van der Waals surface area contributed by atoms with Crippen molar-refractivity contribution in [1.82, 2.24) is 15.3 Å². The molecular weight excluding hydrogens is 553 g/mol. The third-order valence-corrected chi connectivity index (χ3v) is 6.26. The number of carbonyl (C=O) groups excluding carboxylic acids is 2. The minimum atomic E-state index is -4.84. The van der Waals surface area contributed by atoms with Crippen molar-refractivity contribution in [3.8, 4) is 5.75 Å². The van der Waals surface area contributed by atoms with Crippen LogP contribution in [0.1, 0.15) is 22.8 Å². The number of aromatic nitrogens is 2. The first kappa shape index (κ1) is 30.8. The number of methoxy groups -OCH3 is 1. The van der Waals surface area contributed by atoms with Gasteiger partial charge in [-0.25, -0.2) is 4.98 Å². The zero-order valence-corrected chi connectivity index (χ0v) is 22.4. The summed E-state index contributed by atoms with van der Waals surface area (Å²) in [5, 5.41) is 4.11. The maximum absolute atomic E-state index is 13.2. The fourth-order valence-corrected chi connectivity index (χ4v) is 4.50. The minimum absolute atomic E-state index is 0.0709. The van der Waals surface area contributed by atoms with Crippen LogP contribution >= 0.6 is 11.8 Å². The van der Waals surface area contributed by atoms with Crippen LogP contribution in [-0.4, -0.2) is 61.7 Å². The smallest absolute Gasteiger partial charge is 0.406 e. The molecule has 2 heterocycles. The Morgan fingerprint density at radius 3 is 2.38 bits per heavy atom. The SMILES string of the molecule is CCOCC(=O)NC(OCCOC)(Sc1ncccc1C(=O)Nc1ccc(OC(F)(F)F)cc1)c1ccncc1. The van der Waals surface area contributed by atoms with E-state index in [4.69, 9.17) is 14.2 Å². The molecule has 2 N–H and O–H groups in total. The molecule has 1 atom stereocenters. The van der Waals surface area contributed by atoms with Gasteiger partial charge in [-0.3, -0.25) is 14.6 Å². The molecule has 2 amide bonds. The van der Waals surface area contributed by atoms with E-state index in [1.807, 2.05) is 0 Å². The lowest BCUT2D eigenvalue weighted by Gasteiger charge is -2.34. The summed E-state index contributed by atoms with van der Waals surface area (Å²) in [4.78, 5) is 34.5. The summed E-state index contributed by atoms with van der Waals surface area (Å²) in [5.74, 6) is -1.51. The number of rotatable bonds is 14. The lowest BCUT2D eigenvalue weighted by atomic mass is 10.2. The quantitative estimate of drug-likeness (QED) is 0.163. The number of amides is 2. The highest BCUT2D eigenvalue weighted by Crippen LogP contribution is 2.41. The molecule has 0 aliphatic rings. The fraction of sp³-hybridized carbons (Fsp3) is 0.308. The van der Waals surface area contributed by atoms with E-state index in [-0.39, 0.29) is 36.1 Å². The van der Waals surface area contributed by atoms with Gasteiger partial charge in [0.1, 0.15) is 17.4 Å². The first-order valence-electron chi connectivity index (χ1n) is 11.9. The second kappa shape index (κ2) is 14.6. The Kier molecular flexibility index (Phi) is 11.3. The number of nitrogens with zero attached hydrogens (tertiary/aromatic N) is 2. The molecular formula is C26H27F3N4O6S. The maximum Gasteiger partial charge on any atom is 0.573 e. The van der Waals surface area contributed by atoms with Crippen LogP contribution in [0.5, 0.6) is 5.75 Å². The lowest BCUT2D eigenvalue weighted by Crippen LogP contribution is -2.47. The third kappa shape index (κ3) is 9.19. The average Bonchev–Trinajstić information content (AvgIpc) is 2.93. The summed E-state index contributed by atoms with van der Waals surface area (Å²) in [6, 6.07) is 11.0. The molecule has 0 aliphatic heterocycles. The number of anilines is 1. The van der Waals surface area contributed by atoms with Gasteiger partial charge in [0.05, 0.1) is 18.8 Å². The molecule has 0 saturated heterocycles. The highest BCUT2D eigenvalue weighted by Gasteiger charge is 2.39. The molecule has 0 aliphatic carbocycles. The zero-order valence-electron chi connectivity index (χ0n) is 21.6. The monoisotopic (exact) mass is 580 g/mol. The van der Waals surface area contributed by atoms with Gasteiger partial charge in [0, 0.05) is 43.6 Å². The van der Waals surface area contributed by atoms with Crippen LogP contribution < -0.4 is 15.4 Å². The first-order valence-corrected chi connectivity index (χ1v) is 12.7. The molecule has 214 valence electrons. The number of alkyl halides is 3. The third-order valence-electron chi connectivity index (χ3n) is 5.00. The summed E-state index contributed by atoms with van der Waals surface area (Å²) in [6.07, 6.45) is -0.317. The number of carbonyl (C=O) groups is 2. The number of nitrogens with one attached hydrogen (secondary N) is 2. The molecule has 14 heteroatoms. The fourth-order valence-electron chi connectivity index (χ4n) is 3.28. The Morgan fingerprint density at radius 1 is 1.00 bits per heavy atom. The Morgan fingerprint density at radius 2 is 1.73 bits per heavy atom. The maximum atomic E-state index is 13.2. The Hall–Kier alpha value is -3.72. The standard InChI is InChI=1S/C26H27F3N4O6S/c1-3-37-17-22(34)33-25(38-16-15-36-2,18-10-13-30-14-11-18)40-24-21(5-4-12-31-24)23(35)32-19-6-8-20(9-7-19)39-26(27,28)29/h4-14H,3,15-17H2,1-2H3,(H,32,35)(H,33,34). The summed E-state index contributed by atoms with van der Waals surface area (Å²) < 4.78 is 57.8. The van der Waals surface area contributed by atoms with Crippen molar-refractivity contribution < 1.29 is 41.7 Å². The second-order valence-electron chi connectivity index (χ2n) is 7.86. The number of hydrogen-bond acceptors (Lipinski definition) is 9. The topological polar surface area (TPSA) is 121 Å². The van der Waals surface area contributed by atoms with E-state index in [9.17, 15) is 22.8 Å². The second-order valence-corrected chi connectivity index (χ2v) is 9.03. The van der Waals surface area contributed by atoms with Crippen molar-refractivity contribution in [2.45, 2.75) is 23.4 Å². The van der Waals surface area contributed by atoms with Crippen LogP contribution in [0.3, 0.4) is 0 Å². The molecule has 1 unspecified atom stereocenters. The summed E-state index contributed by atoms with van der Waals surface area (Å²) >= 11 is 0.966. The molecule has 0 spiro atoms. The van der Waals surface area contributed by atoms with Gasteiger partial charge < -0.3 is 29.6 Å². The van der Waals surface area contributed by atoms with Crippen molar-refractivity contribution >= 4 is 29.3 Å². The molecule has 0 radical (unpaired) electrons. The highest BCUT2D eigenvalue weighted by atomic mass is 32.2. The van der Waals surface area contributed by atoms with E-state index < -0.39 is 29.0 Å². The predicted octanol–water partition coefficient (Wildman–Crippen LogP) is 4.35. The number of hydrogen-bond donors (Lipinski definition) is 2. The van der Waals surface area contributed by atoms with E-state index >= 15 is 0 Å². The zero-order chi connectivity index (χ0) is 29.0. The molecule has 0 saturated carbocycles. The van der Waals surface area contributed by atoms with Gasteiger partial charge >= 0.3 is 6.36 Å². The van der Waals surface area contributed by atoms with E-state index in [2.05, 4.69) is 25.3 Å². The van der Waals surface area contributed by atoms with Gasteiger partial charge in [-0.15, -0.1) is 13.2 Å². The Labute approximate surface area is 232 Å². The lowest BCUT2D eigenvalue weighted by molar-refractivity contribution is -0.274. The Balaban J connectivity index is 1.92. The van der Waals surface area contributed by atoms with E-state index in [1.54, 1.807) is 25.1 Å². The van der Waals surface area contributed by atoms with Crippen molar-refractivity contribution in [3.63, 3.8) is 0 Å². The molecule has 40 heavy (non-hydrogen) atoms. The van der Waals surface area contributed by atoms with E-state index in [1.165, 1.54) is 43.9 Å². The number of halogens is 3. The van der Waals surface area contributed by atoms with Crippen molar-refractivity contribution in [1.29, 1.82) is 0 Å². The molecule has 3 rings (SSSR count). The van der Waals surface area contributed by atoms with E-state index in [0.717, 1.165) is 23.9 Å². The van der Waals surface area contributed by atoms with Gasteiger partial charge in [0.25, 0.3) is 5.91 Å². The number of ether oxygens (including phenoxy) is 4. The van der Waals surface area contributed by atoms with Gasteiger partial charge in [0.2, 0.25) is 11.0 Å². The number of pyridine rings is 2. The first-order chi connectivity index (χ1) is 19.2. The summed E-state index contributed by atoms with van der Waals surface area (Å²) in [7, 11) is 1.50. The number of benzene rings is 1. The van der Waals surface area contributed by atoms with Crippen molar-refractivity contribution in [2.75, 3.05) is 38.9 Å².